The molecule has 2 aliphatic rings. The van der Waals surface area contributed by atoms with Crippen molar-refractivity contribution in [3.05, 3.63) is 38.0 Å². The van der Waals surface area contributed by atoms with Crippen LogP contribution in [-0.2, 0) is 33.3 Å². The highest BCUT2D eigenvalue weighted by molar-refractivity contribution is 6.05. The Labute approximate surface area is 400 Å². The highest BCUT2D eigenvalue weighted by Gasteiger charge is 2.41. The molecular weight excluding hydrogens is 829 g/mol. The van der Waals surface area contributed by atoms with E-state index in [1.54, 1.807) is 0 Å². The van der Waals surface area contributed by atoms with Crippen molar-refractivity contribution in [3.8, 4) is 71.0 Å². The first-order chi connectivity index (χ1) is 31.6. The summed E-state index contributed by atoms with van der Waals surface area (Å²) in [7, 11) is 0. The second kappa shape index (κ2) is 38.5. The van der Waals surface area contributed by atoms with Gasteiger partial charge in [-0.1, -0.05) is 155 Å². The molecular formula is C57H80O9. The highest BCUT2D eigenvalue weighted by atomic mass is 16.8. The molecule has 2 aliphatic heterocycles. The molecule has 0 saturated carbocycles. The molecule has 0 bridgehead atoms. The monoisotopic (exact) mass is 909 g/mol. The van der Waals surface area contributed by atoms with Crippen LogP contribution in [0.25, 0.3) is 0 Å². The zero-order valence-electron chi connectivity index (χ0n) is 41.4. The first kappa shape index (κ1) is 61.4. The van der Waals surface area contributed by atoms with E-state index in [-0.39, 0.29) is 48.2 Å². The fourth-order valence-electron chi connectivity index (χ4n) is 6.86. The lowest BCUT2D eigenvalue weighted by Crippen LogP contribution is -2.25. The average Bonchev–Trinajstić information content (AvgIpc) is 3.76. The molecule has 9 nitrogen and oxygen atoms in total. The zero-order valence-corrected chi connectivity index (χ0v) is 41.4. The molecule has 66 heavy (non-hydrogen) atoms. The molecule has 362 valence electrons. The van der Waals surface area contributed by atoms with Crippen LogP contribution in [0, 0.1) is 71.0 Å². The molecule has 0 radical (unpaired) electrons. The minimum Gasteiger partial charge on any atom is -0.390 e. The van der Waals surface area contributed by atoms with Gasteiger partial charge in [0.25, 0.3) is 0 Å². The SMILES string of the molecule is C=CC(=O)C#CC#CC[C@@H](O)[C@H](O)CCCCCCC.C=CC(=O)C#CC#CC[C@H]1OC(C)(C)O[C@@H]1CCCCCCC.C=CC(=O)C#CC#CC[C@H]1OC(C)(C)O[C@@H]1CCCCCCC. The van der Waals surface area contributed by atoms with Crippen LogP contribution in [-0.4, -0.2) is 75.8 Å². The van der Waals surface area contributed by atoms with E-state index in [1.165, 1.54) is 82.8 Å². The molecule has 0 unspecified atom stereocenters. The number of allylic oxidation sites excluding steroid dienone is 3. The van der Waals surface area contributed by atoms with Gasteiger partial charge < -0.3 is 29.2 Å². The molecule has 0 amide bonds. The Balaban J connectivity index is 0.000000964. The number of hydrogen-bond donors (Lipinski definition) is 2. The lowest BCUT2D eigenvalue weighted by Gasteiger charge is -2.16. The van der Waals surface area contributed by atoms with Crippen molar-refractivity contribution in [3.63, 3.8) is 0 Å². The Hall–Kier alpha value is -4.65. The number of ether oxygens (including phenoxy) is 4. The largest absolute Gasteiger partial charge is 0.390 e. The van der Waals surface area contributed by atoms with Gasteiger partial charge in [0.1, 0.15) is 0 Å². The van der Waals surface area contributed by atoms with E-state index < -0.39 is 23.8 Å². The van der Waals surface area contributed by atoms with Gasteiger partial charge in [0, 0.05) is 19.3 Å². The lowest BCUT2D eigenvalue weighted by atomic mass is 10.0. The summed E-state index contributed by atoms with van der Waals surface area (Å²) in [5.41, 5.74) is 0. The lowest BCUT2D eigenvalue weighted by molar-refractivity contribution is -0.146. The average molecular weight is 909 g/mol. The van der Waals surface area contributed by atoms with Crippen molar-refractivity contribution < 1.29 is 43.5 Å². The number of aliphatic hydroxyl groups excluding tert-OH is 2. The Kier molecular flexibility index (Phi) is 35.7. The number of hydrogen-bond acceptors (Lipinski definition) is 9. The first-order valence-corrected chi connectivity index (χ1v) is 24.1. The highest BCUT2D eigenvalue weighted by Crippen LogP contribution is 2.33. The van der Waals surface area contributed by atoms with Crippen LogP contribution >= 0.6 is 0 Å². The van der Waals surface area contributed by atoms with Gasteiger partial charge in [-0.05, 0) is 118 Å². The van der Waals surface area contributed by atoms with Gasteiger partial charge in [-0.2, -0.15) is 0 Å². The number of rotatable bonds is 25. The summed E-state index contributed by atoms with van der Waals surface area (Å²) in [5.74, 6) is 28.8. The standard InChI is InChI=1S/2C20H28O3.C17H24O3/c2*1-5-7-8-9-12-15-18-19(23-20(3,4)22-18)16-13-10-11-14-17(21)6-2;1-3-5-6-7-10-13-16(19)17(20)14-11-8-9-12-15(18)4-2/h2*6,18-19H,2,5,7-9,12,15-16H2,1,3-4H3;4,16-17,19-20H,2-3,5-7,10,13-14H2,1H3/t2*18-,19-;16-,17-/m111/s1. The third-order valence-corrected chi connectivity index (χ3v) is 10.3. The van der Waals surface area contributed by atoms with Gasteiger partial charge in [0.2, 0.25) is 17.3 Å². The van der Waals surface area contributed by atoms with Crippen LogP contribution in [0.5, 0.6) is 0 Å². The Morgan fingerprint density at radius 1 is 0.485 bits per heavy atom. The van der Waals surface area contributed by atoms with Crippen LogP contribution in [0.4, 0.5) is 0 Å². The molecule has 2 heterocycles. The van der Waals surface area contributed by atoms with Crippen molar-refractivity contribution in [1.29, 1.82) is 0 Å². The molecule has 2 fully saturated rings. The van der Waals surface area contributed by atoms with Crippen LogP contribution in [0.1, 0.15) is 183 Å². The Bertz CT molecular complexity index is 1760. The molecule has 2 rings (SSSR count). The second-order valence-corrected chi connectivity index (χ2v) is 17.1. The van der Waals surface area contributed by atoms with Gasteiger partial charge in [0.15, 0.2) is 11.6 Å². The number of carbonyl (C=O) groups is 3. The quantitative estimate of drug-likeness (QED) is 0.0398. The molecule has 0 aliphatic carbocycles. The maximum Gasteiger partial charge on any atom is 0.229 e. The smallest absolute Gasteiger partial charge is 0.229 e. The maximum absolute atomic E-state index is 11.0. The van der Waals surface area contributed by atoms with Crippen LogP contribution in [0.2, 0.25) is 0 Å². The van der Waals surface area contributed by atoms with Crippen LogP contribution in [0.3, 0.4) is 0 Å². The summed E-state index contributed by atoms with van der Waals surface area (Å²) in [6.45, 7) is 24.3. The Morgan fingerprint density at radius 2 is 0.818 bits per heavy atom. The molecule has 0 aromatic carbocycles. The van der Waals surface area contributed by atoms with Gasteiger partial charge in [-0.3, -0.25) is 14.4 Å². The van der Waals surface area contributed by atoms with Crippen molar-refractivity contribution in [2.75, 3.05) is 0 Å². The van der Waals surface area contributed by atoms with E-state index in [9.17, 15) is 24.6 Å². The molecule has 2 N–H and O–H groups in total. The predicted molar refractivity (Wildman–Crippen MR) is 266 cm³/mol. The van der Waals surface area contributed by atoms with Gasteiger partial charge in [-0.15, -0.1) is 0 Å². The van der Waals surface area contributed by atoms with E-state index in [0.29, 0.717) is 19.3 Å². The maximum atomic E-state index is 11.0. The van der Waals surface area contributed by atoms with Crippen molar-refractivity contribution >= 4 is 17.3 Å². The topological polar surface area (TPSA) is 129 Å². The van der Waals surface area contributed by atoms with Crippen LogP contribution < -0.4 is 0 Å². The van der Waals surface area contributed by atoms with Crippen molar-refractivity contribution in [2.24, 2.45) is 0 Å². The van der Waals surface area contributed by atoms with E-state index in [1.807, 2.05) is 27.7 Å². The van der Waals surface area contributed by atoms with Crippen molar-refractivity contribution in [2.45, 2.75) is 232 Å². The minimum atomic E-state index is -0.856. The van der Waals surface area contributed by atoms with Gasteiger partial charge in [-0.25, -0.2) is 0 Å². The zero-order chi connectivity index (χ0) is 49.5. The predicted octanol–water partition coefficient (Wildman–Crippen LogP) is 10.3. The molecule has 2 saturated heterocycles. The first-order valence-electron chi connectivity index (χ1n) is 24.1. The summed E-state index contributed by atoms with van der Waals surface area (Å²) in [6, 6.07) is 0. The summed E-state index contributed by atoms with van der Waals surface area (Å²) in [6.07, 6.45) is 23.9. The minimum absolute atomic E-state index is 0.0272. The molecule has 0 aromatic rings. The van der Waals surface area contributed by atoms with E-state index >= 15 is 0 Å². The summed E-state index contributed by atoms with van der Waals surface area (Å²) < 4.78 is 23.8. The third kappa shape index (κ3) is 32.9. The second-order valence-electron chi connectivity index (χ2n) is 17.1. The fourth-order valence-corrected chi connectivity index (χ4v) is 6.86. The molecule has 9 heteroatoms. The Morgan fingerprint density at radius 3 is 1.18 bits per heavy atom. The van der Waals surface area contributed by atoms with Gasteiger partial charge >= 0.3 is 0 Å². The summed E-state index contributed by atoms with van der Waals surface area (Å²) in [4.78, 5) is 32.7. The van der Waals surface area contributed by atoms with Crippen LogP contribution in [0.15, 0.2) is 38.0 Å². The molecule has 0 spiro atoms. The summed E-state index contributed by atoms with van der Waals surface area (Å²) in [5, 5.41) is 19.4. The third-order valence-electron chi connectivity index (χ3n) is 10.3. The summed E-state index contributed by atoms with van der Waals surface area (Å²) >= 11 is 0. The van der Waals surface area contributed by atoms with E-state index in [4.69, 9.17) is 18.9 Å². The van der Waals surface area contributed by atoms with E-state index in [0.717, 1.165) is 44.6 Å². The number of carbonyl (C=O) groups excluding carboxylic acids is 3. The number of unbranched alkanes of at least 4 members (excludes halogenated alkanes) is 12. The van der Waals surface area contributed by atoms with Crippen molar-refractivity contribution in [1.82, 2.24) is 0 Å². The number of ketones is 3. The fraction of sp³-hybridized carbons (Fsp3) is 0.632. The normalized spacial score (nSPS) is 18.9. The van der Waals surface area contributed by atoms with Gasteiger partial charge in [0.05, 0.1) is 36.6 Å². The molecule has 6 atom stereocenters. The number of aliphatic hydroxyl groups is 2. The van der Waals surface area contributed by atoms with E-state index in [2.05, 4.69) is 112 Å². The molecule has 0 aromatic heterocycles.